The molecule has 1 N–H and O–H groups in total. The van der Waals surface area contributed by atoms with Crippen LogP contribution < -0.4 is 10.1 Å². The fourth-order valence-corrected chi connectivity index (χ4v) is 1.61. The molecule has 21 heavy (non-hydrogen) atoms. The van der Waals surface area contributed by atoms with Crippen LogP contribution in [0.5, 0.6) is 5.75 Å². The van der Waals surface area contributed by atoms with Crippen molar-refractivity contribution in [3.8, 4) is 5.75 Å². The number of ether oxygens (including phenoxy) is 2. The Morgan fingerprint density at radius 2 is 1.76 bits per heavy atom. The minimum absolute atomic E-state index is 0.0661. The molecule has 116 valence electrons. The summed E-state index contributed by atoms with van der Waals surface area (Å²) in [6.07, 6.45) is -0.768. The summed E-state index contributed by atoms with van der Waals surface area (Å²) in [5.74, 6) is -0.337. The van der Waals surface area contributed by atoms with E-state index in [0.29, 0.717) is 5.75 Å². The Balaban J connectivity index is 2.56. The van der Waals surface area contributed by atoms with Gasteiger partial charge in [0, 0.05) is 7.05 Å². The molecule has 0 aromatic heterocycles. The van der Waals surface area contributed by atoms with Crippen LogP contribution >= 0.6 is 0 Å². The van der Waals surface area contributed by atoms with Gasteiger partial charge in [-0.05, 0) is 30.0 Å². The van der Waals surface area contributed by atoms with Gasteiger partial charge in [0.15, 0.2) is 12.7 Å². The van der Waals surface area contributed by atoms with E-state index in [0.717, 1.165) is 0 Å². The fourth-order valence-electron chi connectivity index (χ4n) is 1.61. The van der Waals surface area contributed by atoms with Crippen LogP contribution in [0.3, 0.4) is 0 Å². The summed E-state index contributed by atoms with van der Waals surface area (Å²) in [5.41, 5.74) is 1.25. The smallest absolute Gasteiger partial charge is 0.347 e. The Kier molecular flexibility index (Phi) is 5.76. The van der Waals surface area contributed by atoms with Crippen molar-refractivity contribution in [1.29, 1.82) is 0 Å². The number of esters is 1. The van der Waals surface area contributed by atoms with Gasteiger partial charge in [-0.3, -0.25) is 4.79 Å². The van der Waals surface area contributed by atoms with Gasteiger partial charge in [-0.2, -0.15) is 0 Å². The molecule has 1 aromatic rings. The number of amides is 1. The molecular formula is C16H23NO4. The highest BCUT2D eigenvalue weighted by Gasteiger charge is 2.18. The predicted molar refractivity (Wildman–Crippen MR) is 80.3 cm³/mol. The lowest BCUT2D eigenvalue weighted by molar-refractivity contribution is -0.154. The summed E-state index contributed by atoms with van der Waals surface area (Å²) in [7, 11) is 1.48. The average molecular weight is 293 g/mol. The number of carbonyl (C=O) groups excluding carboxylic acids is 2. The molecule has 0 bridgehead atoms. The molecule has 1 aromatic carbocycles. The van der Waals surface area contributed by atoms with Crippen LogP contribution in [0.25, 0.3) is 0 Å². The normalized spacial score (nSPS) is 12.4. The van der Waals surface area contributed by atoms with E-state index in [1.165, 1.54) is 12.6 Å². The van der Waals surface area contributed by atoms with Crippen LogP contribution in [-0.4, -0.2) is 31.6 Å². The molecule has 0 saturated heterocycles. The van der Waals surface area contributed by atoms with Crippen molar-refractivity contribution in [2.24, 2.45) is 0 Å². The van der Waals surface area contributed by atoms with Gasteiger partial charge in [0.2, 0.25) is 0 Å². The maximum absolute atomic E-state index is 11.7. The highest BCUT2D eigenvalue weighted by Crippen LogP contribution is 2.24. The van der Waals surface area contributed by atoms with E-state index < -0.39 is 12.1 Å². The van der Waals surface area contributed by atoms with Crippen molar-refractivity contribution in [1.82, 2.24) is 5.32 Å². The van der Waals surface area contributed by atoms with Gasteiger partial charge in [0.05, 0.1) is 0 Å². The van der Waals surface area contributed by atoms with Crippen LogP contribution in [0.2, 0.25) is 0 Å². The Hall–Kier alpha value is -2.04. The lowest BCUT2D eigenvalue weighted by Gasteiger charge is -2.20. The molecule has 5 heteroatoms. The summed E-state index contributed by atoms with van der Waals surface area (Å²) >= 11 is 0. The first-order chi connectivity index (χ1) is 9.74. The molecule has 0 aliphatic carbocycles. The zero-order valence-corrected chi connectivity index (χ0v) is 13.2. The van der Waals surface area contributed by atoms with E-state index >= 15 is 0 Å². The molecule has 0 aliphatic rings. The molecule has 0 aliphatic heterocycles. The number of carbonyl (C=O) groups is 2. The van der Waals surface area contributed by atoms with E-state index in [4.69, 9.17) is 9.47 Å². The third-order valence-electron chi connectivity index (χ3n) is 2.99. The van der Waals surface area contributed by atoms with Crippen molar-refractivity contribution in [2.45, 2.75) is 39.2 Å². The topological polar surface area (TPSA) is 64.6 Å². The minimum Gasteiger partial charge on any atom is -0.479 e. The number of nitrogens with one attached hydrogen (secondary N) is 1. The van der Waals surface area contributed by atoms with E-state index in [9.17, 15) is 9.59 Å². The minimum atomic E-state index is -0.768. The van der Waals surface area contributed by atoms with Gasteiger partial charge in [-0.25, -0.2) is 4.79 Å². The van der Waals surface area contributed by atoms with E-state index in [-0.39, 0.29) is 17.9 Å². The van der Waals surface area contributed by atoms with Crippen LogP contribution in [0.1, 0.15) is 33.3 Å². The molecule has 0 fully saturated rings. The molecule has 0 radical (unpaired) electrons. The zero-order valence-electron chi connectivity index (χ0n) is 13.2. The van der Waals surface area contributed by atoms with Gasteiger partial charge in [-0.1, -0.05) is 32.9 Å². The largest absolute Gasteiger partial charge is 0.479 e. The number of benzene rings is 1. The molecule has 1 amide bonds. The summed E-state index contributed by atoms with van der Waals surface area (Å²) in [5, 5.41) is 2.37. The highest BCUT2D eigenvalue weighted by molar-refractivity contribution is 5.81. The Morgan fingerprint density at radius 1 is 1.19 bits per heavy atom. The second-order valence-electron chi connectivity index (χ2n) is 5.82. The maximum Gasteiger partial charge on any atom is 0.347 e. The fraction of sp³-hybridized carbons (Fsp3) is 0.500. The predicted octanol–water partition coefficient (Wildman–Crippen LogP) is 2.04. The van der Waals surface area contributed by atoms with Crippen LogP contribution in [0.15, 0.2) is 24.3 Å². The summed E-state index contributed by atoms with van der Waals surface area (Å²) in [6.45, 7) is 7.67. The quantitative estimate of drug-likeness (QED) is 0.844. The van der Waals surface area contributed by atoms with Crippen LogP contribution in [0, 0.1) is 0 Å². The van der Waals surface area contributed by atoms with Gasteiger partial charge < -0.3 is 14.8 Å². The number of rotatable bonds is 5. The van der Waals surface area contributed by atoms with Gasteiger partial charge in [0.1, 0.15) is 5.75 Å². The van der Waals surface area contributed by atoms with E-state index in [1.807, 2.05) is 24.3 Å². The first-order valence-electron chi connectivity index (χ1n) is 6.88. The molecular weight excluding hydrogens is 270 g/mol. The van der Waals surface area contributed by atoms with Crippen LogP contribution in [0.4, 0.5) is 0 Å². The van der Waals surface area contributed by atoms with E-state index in [2.05, 4.69) is 26.1 Å². The number of hydrogen-bond donors (Lipinski definition) is 1. The van der Waals surface area contributed by atoms with Crippen molar-refractivity contribution < 1.29 is 19.1 Å². The molecule has 1 atom stereocenters. The van der Waals surface area contributed by atoms with Gasteiger partial charge in [0.25, 0.3) is 5.91 Å². The maximum atomic E-state index is 11.7. The third kappa shape index (κ3) is 5.45. The Morgan fingerprint density at radius 3 is 2.24 bits per heavy atom. The summed E-state index contributed by atoms with van der Waals surface area (Å²) in [4.78, 5) is 22.7. The Bertz CT molecular complexity index is 488. The van der Waals surface area contributed by atoms with Crippen LogP contribution in [-0.2, 0) is 19.7 Å². The molecule has 0 saturated carbocycles. The second kappa shape index (κ2) is 7.11. The van der Waals surface area contributed by atoms with Crippen molar-refractivity contribution in [3.63, 3.8) is 0 Å². The SMILES string of the molecule is CNC(=O)COC(=O)[C@H](C)Oc1ccc(C(C)(C)C)cc1. The zero-order chi connectivity index (χ0) is 16.0. The molecule has 0 unspecified atom stereocenters. The Labute approximate surface area is 125 Å². The first-order valence-corrected chi connectivity index (χ1v) is 6.88. The summed E-state index contributed by atoms with van der Waals surface area (Å²) in [6, 6.07) is 7.59. The third-order valence-corrected chi connectivity index (χ3v) is 2.99. The average Bonchev–Trinajstić information content (AvgIpc) is 2.43. The number of hydrogen-bond acceptors (Lipinski definition) is 4. The molecule has 5 nitrogen and oxygen atoms in total. The van der Waals surface area contributed by atoms with Crippen molar-refractivity contribution in [3.05, 3.63) is 29.8 Å². The lowest BCUT2D eigenvalue weighted by Crippen LogP contribution is -2.31. The number of likely N-dealkylation sites (N-methyl/N-ethyl adjacent to an activating group) is 1. The van der Waals surface area contributed by atoms with Crippen molar-refractivity contribution in [2.75, 3.05) is 13.7 Å². The summed E-state index contributed by atoms with van der Waals surface area (Å²) < 4.78 is 10.3. The highest BCUT2D eigenvalue weighted by atomic mass is 16.6. The van der Waals surface area contributed by atoms with E-state index in [1.54, 1.807) is 6.92 Å². The molecule has 1 rings (SSSR count). The molecule has 0 heterocycles. The first kappa shape index (κ1) is 17.0. The van der Waals surface area contributed by atoms with Gasteiger partial charge >= 0.3 is 5.97 Å². The van der Waals surface area contributed by atoms with Crippen molar-refractivity contribution >= 4 is 11.9 Å². The van der Waals surface area contributed by atoms with Gasteiger partial charge in [-0.15, -0.1) is 0 Å². The lowest BCUT2D eigenvalue weighted by atomic mass is 9.87. The standard InChI is InChI=1S/C16H23NO4/c1-11(15(19)20-10-14(18)17-5)21-13-8-6-12(7-9-13)16(2,3)4/h6-9,11H,10H2,1-5H3,(H,17,18)/t11-/m0/s1. The second-order valence-corrected chi connectivity index (χ2v) is 5.82. The monoisotopic (exact) mass is 293 g/mol. The molecule has 0 spiro atoms.